The molecule has 3 rings (SSSR count). The number of hydrogen-bond donors (Lipinski definition) is 1. The van der Waals surface area contributed by atoms with Crippen molar-refractivity contribution in [3.63, 3.8) is 0 Å². The Bertz CT molecular complexity index is 842. The van der Waals surface area contributed by atoms with E-state index in [2.05, 4.69) is 20.4 Å². The first-order valence-electron chi connectivity index (χ1n) is 9.90. The topological polar surface area (TPSA) is 86.9 Å². The van der Waals surface area contributed by atoms with E-state index in [4.69, 9.17) is 16.1 Å². The molecule has 1 aliphatic heterocycles. The van der Waals surface area contributed by atoms with E-state index in [0.29, 0.717) is 49.3 Å². The van der Waals surface area contributed by atoms with Crippen molar-refractivity contribution in [1.82, 2.24) is 25.3 Å². The van der Waals surface area contributed by atoms with Gasteiger partial charge in [0.25, 0.3) is 0 Å². The number of nitrogens with zero attached hydrogens (tertiary/aromatic N) is 5. The van der Waals surface area contributed by atoms with Gasteiger partial charge in [-0.1, -0.05) is 28.9 Å². The minimum absolute atomic E-state index is 0. The summed E-state index contributed by atoms with van der Waals surface area (Å²) >= 11 is 5.94. The molecule has 164 valence electrons. The minimum Gasteiger partial charge on any atom is -0.357 e. The van der Waals surface area contributed by atoms with Gasteiger partial charge in [-0.15, -0.1) is 24.0 Å². The van der Waals surface area contributed by atoms with Crippen molar-refractivity contribution in [3.8, 4) is 0 Å². The third kappa shape index (κ3) is 7.12. The van der Waals surface area contributed by atoms with Crippen LogP contribution in [0.25, 0.3) is 0 Å². The lowest BCUT2D eigenvalue weighted by Gasteiger charge is -2.36. The molecule has 2 heterocycles. The average Bonchev–Trinajstić information content (AvgIpc) is 3.12. The minimum atomic E-state index is 0. The van der Waals surface area contributed by atoms with Crippen LogP contribution in [0.3, 0.4) is 0 Å². The Labute approximate surface area is 199 Å². The highest BCUT2D eigenvalue weighted by molar-refractivity contribution is 14.0. The molecule has 1 fully saturated rings. The van der Waals surface area contributed by atoms with Crippen molar-refractivity contribution in [2.45, 2.75) is 33.2 Å². The molecule has 30 heavy (non-hydrogen) atoms. The normalized spacial score (nSPS) is 14.6. The molecule has 2 aromatic rings. The molecule has 1 aromatic carbocycles. The maximum Gasteiger partial charge on any atom is 0.242 e. The number of carbonyl (C=O) groups excluding carboxylic acids is 1. The van der Waals surface area contributed by atoms with E-state index in [1.54, 1.807) is 6.92 Å². The largest absolute Gasteiger partial charge is 0.357 e. The van der Waals surface area contributed by atoms with Gasteiger partial charge in [0.1, 0.15) is 0 Å². The molecule has 1 aromatic heterocycles. The Kier molecular flexibility index (Phi) is 9.83. The first-order chi connectivity index (χ1) is 14.0. The van der Waals surface area contributed by atoms with Crippen molar-refractivity contribution in [1.29, 1.82) is 0 Å². The summed E-state index contributed by atoms with van der Waals surface area (Å²) in [5.41, 5.74) is 1.08. The van der Waals surface area contributed by atoms with E-state index >= 15 is 0 Å². The zero-order valence-corrected chi connectivity index (χ0v) is 20.4. The summed E-state index contributed by atoms with van der Waals surface area (Å²) < 4.78 is 5.12. The van der Waals surface area contributed by atoms with Gasteiger partial charge in [-0.3, -0.25) is 9.79 Å². The standard InChI is InChI=1S/C20H27ClN6O2.HI/c1-3-22-20(23-10-4-5-18-24-15(2)25-29-18)27-12-11-26(19(28)14-27)13-16-6-8-17(21)9-7-16;/h6-9H,3-5,10-14H2,1-2H3,(H,22,23);1H. The maximum atomic E-state index is 12.6. The first kappa shape index (κ1) is 24.4. The third-order valence-corrected chi connectivity index (χ3v) is 4.87. The summed E-state index contributed by atoms with van der Waals surface area (Å²) in [6, 6.07) is 7.61. The summed E-state index contributed by atoms with van der Waals surface area (Å²) in [5.74, 6) is 2.15. The Balaban J connectivity index is 0.00000320. The fraction of sp³-hybridized carbons (Fsp3) is 0.500. The third-order valence-electron chi connectivity index (χ3n) is 4.62. The highest BCUT2D eigenvalue weighted by Crippen LogP contribution is 2.13. The highest BCUT2D eigenvalue weighted by Gasteiger charge is 2.25. The summed E-state index contributed by atoms with van der Waals surface area (Å²) in [6.45, 7) is 7.53. The van der Waals surface area contributed by atoms with Crippen molar-refractivity contribution < 1.29 is 9.32 Å². The molecule has 0 unspecified atom stereocenters. The monoisotopic (exact) mass is 546 g/mol. The Morgan fingerprint density at radius 1 is 1.30 bits per heavy atom. The van der Waals surface area contributed by atoms with E-state index < -0.39 is 0 Å². The van der Waals surface area contributed by atoms with Crippen molar-refractivity contribution in [2.24, 2.45) is 4.99 Å². The molecule has 1 N–H and O–H groups in total. The zero-order valence-electron chi connectivity index (χ0n) is 17.3. The number of benzene rings is 1. The van der Waals surface area contributed by atoms with Crippen LogP contribution in [0.5, 0.6) is 0 Å². The quantitative estimate of drug-likeness (QED) is 0.249. The van der Waals surface area contributed by atoms with Crippen LogP contribution in [0.1, 0.15) is 30.6 Å². The van der Waals surface area contributed by atoms with Crippen LogP contribution in [0.4, 0.5) is 0 Å². The maximum absolute atomic E-state index is 12.6. The Hall–Kier alpha value is -1.88. The van der Waals surface area contributed by atoms with Gasteiger partial charge in [-0.2, -0.15) is 4.98 Å². The molecular formula is C20H28ClIN6O2. The molecule has 1 aliphatic rings. The second kappa shape index (κ2) is 12.1. The van der Waals surface area contributed by atoms with Crippen molar-refractivity contribution in [3.05, 3.63) is 46.6 Å². The van der Waals surface area contributed by atoms with Gasteiger partial charge >= 0.3 is 0 Å². The van der Waals surface area contributed by atoms with Gasteiger partial charge in [0.15, 0.2) is 11.8 Å². The molecule has 0 radical (unpaired) electrons. The lowest BCUT2D eigenvalue weighted by atomic mass is 10.2. The predicted octanol–water partition coefficient (Wildman–Crippen LogP) is 2.89. The van der Waals surface area contributed by atoms with E-state index in [9.17, 15) is 4.79 Å². The molecule has 0 spiro atoms. The number of carbonyl (C=O) groups is 1. The fourth-order valence-electron chi connectivity index (χ4n) is 3.15. The van der Waals surface area contributed by atoms with Crippen LogP contribution in [-0.2, 0) is 17.8 Å². The van der Waals surface area contributed by atoms with Crippen LogP contribution >= 0.6 is 35.6 Å². The number of nitrogens with one attached hydrogen (secondary N) is 1. The number of hydrogen-bond acceptors (Lipinski definition) is 5. The smallest absolute Gasteiger partial charge is 0.242 e. The van der Waals surface area contributed by atoms with Crippen LogP contribution in [0, 0.1) is 6.92 Å². The zero-order chi connectivity index (χ0) is 20.6. The number of aromatic nitrogens is 2. The van der Waals surface area contributed by atoms with Crippen LogP contribution in [-0.4, -0.2) is 64.5 Å². The molecule has 1 saturated heterocycles. The SMILES string of the molecule is CCNC(=NCCCc1nc(C)no1)N1CCN(Cc2ccc(Cl)cc2)C(=O)C1.I. The van der Waals surface area contributed by atoms with Gasteiger partial charge in [-0.05, 0) is 38.0 Å². The lowest BCUT2D eigenvalue weighted by Crippen LogP contribution is -2.55. The van der Waals surface area contributed by atoms with Crippen molar-refractivity contribution >= 4 is 47.4 Å². The molecule has 0 atom stereocenters. The van der Waals surface area contributed by atoms with Gasteiger partial charge in [-0.25, -0.2) is 0 Å². The predicted molar refractivity (Wildman–Crippen MR) is 127 cm³/mol. The van der Waals surface area contributed by atoms with Gasteiger partial charge in [0.2, 0.25) is 11.8 Å². The number of halogens is 2. The summed E-state index contributed by atoms with van der Waals surface area (Å²) in [5, 5.41) is 7.78. The number of piperazine rings is 1. The van der Waals surface area contributed by atoms with E-state index in [0.717, 1.165) is 31.0 Å². The molecule has 0 aliphatic carbocycles. The van der Waals surface area contributed by atoms with Crippen LogP contribution in [0.15, 0.2) is 33.8 Å². The van der Waals surface area contributed by atoms with Crippen LogP contribution in [0.2, 0.25) is 5.02 Å². The van der Waals surface area contributed by atoms with Gasteiger partial charge in [0, 0.05) is 44.2 Å². The van der Waals surface area contributed by atoms with E-state index in [1.807, 2.05) is 41.0 Å². The highest BCUT2D eigenvalue weighted by atomic mass is 127. The van der Waals surface area contributed by atoms with Gasteiger partial charge in [0.05, 0.1) is 6.54 Å². The van der Waals surface area contributed by atoms with E-state index in [-0.39, 0.29) is 29.9 Å². The molecule has 0 saturated carbocycles. The number of aliphatic imine (C=N–C) groups is 1. The average molecular weight is 547 g/mol. The molecule has 10 heteroatoms. The fourth-order valence-corrected chi connectivity index (χ4v) is 3.28. The molecule has 0 bridgehead atoms. The number of amides is 1. The number of guanidine groups is 1. The summed E-state index contributed by atoms with van der Waals surface area (Å²) in [4.78, 5) is 25.4. The first-order valence-corrected chi connectivity index (χ1v) is 10.3. The van der Waals surface area contributed by atoms with E-state index in [1.165, 1.54) is 0 Å². The lowest BCUT2D eigenvalue weighted by molar-refractivity contribution is -0.135. The second-order valence-corrected chi connectivity index (χ2v) is 7.37. The Morgan fingerprint density at radius 3 is 2.70 bits per heavy atom. The summed E-state index contributed by atoms with van der Waals surface area (Å²) in [6.07, 6.45) is 1.50. The number of aryl methyl sites for hydroxylation is 2. The van der Waals surface area contributed by atoms with Crippen LogP contribution < -0.4 is 5.32 Å². The molecule has 1 amide bonds. The summed E-state index contributed by atoms with van der Waals surface area (Å²) in [7, 11) is 0. The Morgan fingerprint density at radius 2 is 2.07 bits per heavy atom. The molecular weight excluding hydrogens is 519 g/mol. The second-order valence-electron chi connectivity index (χ2n) is 6.94. The van der Waals surface area contributed by atoms with Crippen molar-refractivity contribution in [2.75, 3.05) is 32.7 Å². The van der Waals surface area contributed by atoms with Gasteiger partial charge < -0.3 is 19.6 Å². The number of rotatable bonds is 7. The molecule has 8 nitrogen and oxygen atoms in total.